The number of H-pyrrole nitrogens is 1. The topological polar surface area (TPSA) is 42.1 Å². The molecule has 1 heterocycles. The van der Waals surface area contributed by atoms with E-state index in [2.05, 4.69) is 20.9 Å². The Morgan fingerprint density at radius 3 is 2.68 bits per heavy atom. The van der Waals surface area contributed by atoms with Gasteiger partial charge in [-0.05, 0) is 46.3 Å². The van der Waals surface area contributed by atoms with Gasteiger partial charge >= 0.3 is 0 Å². The van der Waals surface area contributed by atoms with E-state index in [0.29, 0.717) is 16.2 Å². The first-order chi connectivity index (χ1) is 9.10. The Morgan fingerprint density at radius 1 is 1.16 bits per heavy atom. The molecule has 96 valence electrons. The second-order valence-corrected chi connectivity index (χ2v) is 5.47. The van der Waals surface area contributed by atoms with Crippen LogP contribution >= 0.6 is 27.5 Å². The minimum absolute atomic E-state index is 0.131. The maximum absolute atomic E-state index is 12.1. The van der Waals surface area contributed by atoms with Gasteiger partial charge < -0.3 is 9.72 Å². The van der Waals surface area contributed by atoms with E-state index < -0.39 is 0 Å². The maximum Gasteiger partial charge on any atom is 0.256 e. The quantitative estimate of drug-likeness (QED) is 0.679. The Hall–Kier alpha value is -1.52. The highest BCUT2D eigenvalue weighted by molar-refractivity contribution is 9.10. The van der Waals surface area contributed by atoms with Crippen molar-refractivity contribution in [3.05, 3.63) is 50.2 Å². The summed E-state index contributed by atoms with van der Waals surface area (Å²) >= 11 is 9.42. The molecule has 5 heteroatoms. The fraction of sp³-hybridized carbons (Fsp3) is 0.0714. The van der Waals surface area contributed by atoms with Crippen LogP contribution in [0.3, 0.4) is 0 Å². The van der Waals surface area contributed by atoms with Gasteiger partial charge in [-0.3, -0.25) is 4.79 Å². The Kier molecular flexibility index (Phi) is 2.99. The molecular weight excluding hydrogens is 330 g/mol. The third-order valence-electron chi connectivity index (χ3n) is 3.06. The molecule has 0 aliphatic carbocycles. The van der Waals surface area contributed by atoms with Crippen molar-refractivity contribution in [3.63, 3.8) is 0 Å². The van der Waals surface area contributed by atoms with Crippen LogP contribution in [-0.4, -0.2) is 12.1 Å². The van der Waals surface area contributed by atoms with E-state index >= 15 is 0 Å². The molecule has 0 aliphatic rings. The molecule has 3 aromatic rings. The number of fused-ring (bicyclic) bond motifs is 3. The highest BCUT2D eigenvalue weighted by Gasteiger charge is 2.10. The van der Waals surface area contributed by atoms with Crippen LogP contribution in [0.15, 0.2) is 39.6 Å². The second-order valence-electron chi connectivity index (χ2n) is 4.18. The smallest absolute Gasteiger partial charge is 0.256 e. The number of ether oxygens (including phenoxy) is 1. The fourth-order valence-corrected chi connectivity index (χ4v) is 2.84. The summed E-state index contributed by atoms with van der Waals surface area (Å²) in [4.78, 5) is 14.9. The van der Waals surface area contributed by atoms with Crippen molar-refractivity contribution < 1.29 is 4.74 Å². The molecule has 2 aromatic carbocycles. The first kappa shape index (κ1) is 12.5. The standard InChI is InChI=1S/C14H9BrClNO2/c1-19-13-6-8-9-4-7(16)2-3-12(9)17-14(18)10(8)5-11(13)15/h2-6H,1H3,(H,17,18). The molecule has 0 saturated heterocycles. The normalized spacial score (nSPS) is 11.1. The van der Waals surface area contributed by atoms with Crippen LogP contribution in [0, 0.1) is 0 Å². The number of pyridine rings is 1. The van der Waals surface area contributed by atoms with Gasteiger partial charge in [-0.1, -0.05) is 11.6 Å². The van der Waals surface area contributed by atoms with Crippen molar-refractivity contribution in [1.29, 1.82) is 0 Å². The Balaban J connectivity index is 2.57. The fourth-order valence-electron chi connectivity index (χ4n) is 2.16. The van der Waals surface area contributed by atoms with Crippen LogP contribution in [0.2, 0.25) is 5.02 Å². The largest absolute Gasteiger partial charge is 0.496 e. The number of hydrogen-bond donors (Lipinski definition) is 1. The van der Waals surface area contributed by atoms with Gasteiger partial charge in [0.2, 0.25) is 0 Å². The molecule has 0 saturated carbocycles. The lowest BCUT2D eigenvalue weighted by Crippen LogP contribution is -2.06. The first-order valence-electron chi connectivity index (χ1n) is 5.59. The van der Waals surface area contributed by atoms with Gasteiger partial charge in [0.1, 0.15) is 5.75 Å². The molecule has 0 amide bonds. The molecule has 0 unspecified atom stereocenters. The molecule has 0 spiro atoms. The number of aromatic nitrogens is 1. The highest BCUT2D eigenvalue weighted by Crippen LogP contribution is 2.32. The third kappa shape index (κ3) is 2.01. The Morgan fingerprint density at radius 2 is 1.95 bits per heavy atom. The van der Waals surface area contributed by atoms with Crippen molar-refractivity contribution in [2.24, 2.45) is 0 Å². The number of rotatable bonds is 1. The monoisotopic (exact) mass is 337 g/mol. The van der Waals surface area contributed by atoms with E-state index in [1.165, 1.54) is 0 Å². The van der Waals surface area contributed by atoms with Crippen LogP contribution < -0.4 is 10.3 Å². The van der Waals surface area contributed by atoms with Crippen molar-refractivity contribution >= 4 is 49.2 Å². The van der Waals surface area contributed by atoms with Crippen molar-refractivity contribution in [2.75, 3.05) is 7.11 Å². The summed E-state index contributed by atoms with van der Waals surface area (Å²) in [5, 5.41) is 2.94. The van der Waals surface area contributed by atoms with E-state index in [1.807, 2.05) is 12.1 Å². The number of halogens is 2. The molecule has 0 atom stereocenters. The van der Waals surface area contributed by atoms with Gasteiger partial charge in [0.25, 0.3) is 5.56 Å². The van der Waals surface area contributed by atoms with Gasteiger partial charge in [0, 0.05) is 26.7 Å². The average Bonchev–Trinajstić information content (AvgIpc) is 2.39. The molecule has 0 radical (unpaired) electrons. The van der Waals surface area contributed by atoms with E-state index in [-0.39, 0.29) is 5.56 Å². The van der Waals surface area contributed by atoms with Crippen LogP contribution in [0.1, 0.15) is 0 Å². The molecule has 0 bridgehead atoms. The maximum atomic E-state index is 12.1. The summed E-state index contributed by atoms with van der Waals surface area (Å²) in [7, 11) is 1.59. The van der Waals surface area contributed by atoms with Gasteiger partial charge in [-0.2, -0.15) is 0 Å². The number of methoxy groups -OCH3 is 1. The molecule has 3 rings (SSSR count). The van der Waals surface area contributed by atoms with E-state index in [1.54, 1.807) is 25.3 Å². The molecule has 19 heavy (non-hydrogen) atoms. The molecule has 0 fully saturated rings. The van der Waals surface area contributed by atoms with Crippen molar-refractivity contribution in [1.82, 2.24) is 4.98 Å². The number of hydrogen-bond acceptors (Lipinski definition) is 2. The SMILES string of the molecule is COc1cc2c(cc1Br)c(=O)[nH]c1ccc(Cl)cc12. The summed E-state index contributed by atoms with van der Waals surface area (Å²) in [6.45, 7) is 0. The van der Waals surface area contributed by atoms with E-state index in [0.717, 1.165) is 20.8 Å². The first-order valence-corrected chi connectivity index (χ1v) is 6.76. The summed E-state index contributed by atoms with van der Waals surface area (Å²) in [6, 6.07) is 8.98. The molecular formula is C14H9BrClNO2. The lowest BCUT2D eigenvalue weighted by Gasteiger charge is -2.08. The molecule has 0 aliphatic heterocycles. The minimum atomic E-state index is -0.131. The highest BCUT2D eigenvalue weighted by atomic mass is 79.9. The lowest BCUT2D eigenvalue weighted by atomic mass is 10.1. The zero-order valence-corrected chi connectivity index (χ0v) is 12.3. The summed E-state index contributed by atoms with van der Waals surface area (Å²) in [5.41, 5.74) is 0.624. The summed E-state index contributed by atoms with van der Waals surface area (Å²) in [5.74, 6) is 0.680. The lowest BCUT2D eigenvalue weighted by molar-refractivity contribution is 0.413. The zero-order chi connectivity index (χ0) is 13.6. The van der Waals surface area contributed by atoms with Gasteiger partial charge in [-0.25, -0.2) is 0 Å². The number of nitrogens with one attached hydrogen (secondary N) is 1. The summed E-state index contributed by atoms with van der Waals surface area (Å²) in [6.07, 6.45) is 0. The number of aromatic amines is 1. The van der Waals surface area contributed by atoms with Gasteiger partial charge in [-0.15, -0.1) is 0 Å². The summed E-state index contributed by atoms with van der Waals surface area (Å²) < 4.78 is 6.02. The van der Waals surface area contributed by atoms with E-state index in [9.17, 15) is 4.79 Å². The van der Waals surface area contributed by atoms with Crippen LogP contribution in [0.5, 0.6) is 5.75 Å². The van der Waals surface area contributed by atoms with Crippen LogP contribution in [-0.2, 0) is 0 Å². The van der Waals surface area contributed by atoms with Crippen molar-refractivity contribution in [3.8, 4) is 5.75 Å². The second kappa shape index (κ2) is 4.54. The minimum Gasteiger partial charge on any atom is -0.496 e. The third-order valence-corrected chi connectivity index (χ3v) is 3.91. The Bertz CT molecular complexity index is 857. The predicted molar refractivity (Wildman–Crippen MR) is 81.3 cm³/mol. The predicted octanol–water partition coefficient (Wildman–Crippen LogP) is 4.11. The number of benzene rings is 2. The zero-order valence-electron chi connectivity index (χ0n) is 9.96. The Labute approximate surface area is 122 Å². The molecule has 1 N–H and O–H groups in total. The molecule has 1 aromatic heterocycles. The molecule has 3 nitrogen and oxygen atoms in total. The average molecular weight is 339 g/mol. The van der Waals surface area contributed by atoms with Gasteiger partial charge in [0.15, 0.2) is 0 Å². The van der Waals surface area contributed by atoms with E-state index in [4.69, 9.17) is 16.3 Å². The van der Waals surface area contributed by atoms with Gasteiger partial charge in [0.05, 0.1) is 11.6 Å². The van der Waals surface area contributed by atoms with Crippen molar-refractivity contribution in [2.45, 2.75) is 0 Å². The van der Waals surface area contributed by atoms with Crippen LogP contribution in [0.25, 0.3) is 21.7 Å². The van der Waals surface area contributed by atoms with Crippen LogP contribution in [0.4, 0.5) is 0 Å².